The Kier molecular flexibility index (Phi) is 4.34. The van der Waals surface area contributed by atoms with Crippen LogP contribution in [0.5, 0.6) is 0 Å². The lowest BCUT2D eigenvalue weighted by Gasteiger charge is -2.33. The molecule has 4 heteroatoms. The first kappa shape index (κ1) is 12.3. The summed E-state index contributed by atoms with van der Waals surface area (Å²) in [7, 11) is 0. The predicted octanol–water partition coefficient (Wildman–Crippen LogP) is 1.93. The summed E-state index contributed by atoms with van der Waals surface area (Å²) in [6, 6.07) is 2.02. The van der Waals surface area contributed by atoms with E-state index in [1.165, 1.54) is 0 Å². The van der Waals surface area contributed by atoms with E-state index in [0.717, 1.165) is 38.3 Å². The van der Waals surface area contributed by atoms with Crippen LogP contribution in [0.15, 0.2) is 22.9 Å². The van der Waals surface area contributed by atoms with Gasteiger partial charge < -0.3 is 9.80 Å². The molecule has 3 nitrogen and oxygen atoms in total. The molecule has 1 fully saturated rings. The van der Waals surface area contributed by atoms with Crippen LogP contribution in [0, 0.1) is 0 Å². The van der Waals surface area contributed by atoms with E-state index < -0.39 is 0 Å². The van der Waals surface area contributed by atoms with Crippen LogP contribution in [0.25, 0.3) is 6.08 Å². The van der Waals surface area contributed by atoms with Crippen molar-refractivity contribution in [2.45, 2.75) is 6.92 Å². The quantitative estimate of drug-likeness (QED) is 0.765. The molecule has 0 spiro atoms. The number of thiophene rings is 1. The van der Waals surface area contributed by atoms with Crippen LogP contribution < -0.4 is 0 Å². The minimum absolute atomic E-state index is 0.131. The van der Waals surface area contributed by atoms with Crippen molar-refractivity contribution < 1.29 is 4.79 Å². The summed E-state index contributed by atoms with van der Waals surface area (Å²) in [6.07, 6.45) is 3.58. The molecule has 0 aliphatic carbocycles. The van der Waals surface area contributed by atoms with Crippen molar-refractivity contribution >= 4 is 23.3 Å². The molecule has 1 amide bonds. The van der Waals surface area contributed by atoms with Gasteiger partial charge in [-0.2, -0.15) is 11.3 Å². The molecule has 0 saturated carbocycles. The highest BCUT2D eigenvalue weighted by molar-refractivity contribution is 7.08. The SMILES string of the molecule is CCN1CCN(C(=O)/C=C/c2ccsc2)CC1. The van der Waals surface area contributed by atoms with Crippen LogP contribution in [0.1, 0.15) is 12.5 Å². The number of carbonyl (C=O) groups excluding carboxylic acids is 1. The minimum atomic E-state index is 0.131. The molecule has 0 bridgehead atoms. The molecule has 2 heterocycles. The Morgan fingerprint density at radius 2 is 2.18 bits per heavy atom. The van der Waals surface area contributed by atoms with Crippen LogP contribution in [-0.4, -0.2) is 48.4 Å². The summed E-state index contributed by atoms with van der Waals surface area (Å²) < 4.78 is 0. The van der Waals surface area contributed by atoms with Crippen molar-refractivity contribution in [2.24, 2.45) is 0 Å². The molecule has 1 aliphatic rings. The monoisotopic (exact) mass is 250 g/mol. The number of likely N-dealkylation sites (N-methyl/N-ethyl adjacent to an activating group) is 1. The third-order valence-corrected chi connectivity index (χ3v) is 3.79. The van der Waals surface area contributed by atoms with Crippen LogP contribution in [0.3, 0.4) is 0 Å². The Balaban J connectivity index is 1.85. The topological polar surface area (TPSA) is 23.6 Å². The number of piperazine rings is 1. The third-order valence-electron chi connectivity index (χ3n) is 3.09. The van der Waals surface area contributed by atoms with Gasteiger partial charge in [-0.25, -0.2) is 0 Å². The molecule has 1 aromatic heterocycles. The maximum Gasteiger partial charge on any atom is 0.246 e. The molecule has 1 saturated heterocycles. The zero-order valence-electron chi connectivity index (χ0n) is 10.1. The van der Waals surface area contributed by atoms with Gasteiger partial charge in [0.1, 0.15) is 0 Å². The lowest BCUT2D eigenvalue weighted by Crippen LogP contribution is -2.48. The molecule has 1 aromatic rings. The molecule has 1 aliphatic heterocycles. The molecular formula is C13H18N2OS. The van der Waals surface area contributed by atoms with E-state index in [0.29, 0.717) is 0 Å². The van der Waals surface area contributed by atoms with Gasteiger partial charge >= 0.3 is 0 Å². The Hall–Kier alpha value is -1.13. The minimum Gasteiger partial charge on any atom is -0.337 e. The van der Waals surface area contributed by atoms with E-state index >= 15 is 0 Å². The van der Waals surface area contributed by atoms with E-state index in [2.05, 4.69) is 11.8 Å². The molecule has 0 N–H and O–H groups in total. The van der Waals surface area contributed by atoms with E-state index in [-0.39, 0.29) is 5.91 Å². The summed E-state index contributed by atoms with van der Waals surface area (Å²) in [6.45, 7) is 6.92. The predicted molar refractivity (Wildman–Crippen MR) is 72.0 cm³/mol. The fourth-order valence-electron chi connectivity index (χ4n) is 1.93. The highest BCUT2D eigenvalue weighted by Crippen LogP contribution is 2.09. The van der Waals surface area contributed by atoms with Crippen molar-refractivity contribution in [3.8, 4) is 0 Å². The lowest BCUT2D eigenvalue weighted by atomic mass is 10.2. The third kappa shape index (κ3) is 3.41. The second-order valence-electron chi connectivity index (χ2n) is 4.15. The molecule has 17 heavy (non-hydrogen) atoms. The summed E-state index contributed by atoms with van der Waals surface area (Å²) in [4.78, 5) is 16.2. The summed E-state index contributed by atoms with van der Waals surface area (Å²) in [5, 5.41) is 4.06. The van der Waals surface area contributed by atoms with E-state index in [1.54, 1.807) is 17.4 Å². The van der Waals surface area contributed by atoms with Gasteiger partial charge in [-0.05, 0) is 35.0 Å². The summed E-state index contributed by atoms with van der Waals surface area (Å²) in [5.41, 5.74) is 1.11. The van der Waals surface area contributed by atoms with E-state index in [4.69, 9.17) is 0 Å². The van der Waals surface area contributed by atoms with Gasteiger partial charge in [0, 0.05) is 32.3 Å². The molecular weight excluding hydrogens is 232 g/mol. The molecule has 0 radical (unpaired) electrons. The smallest absolute Gasteiger partial charge is 0.246 e. The normalized spacial score (nSPS) is 17.8. The number of rotatable bonds is 3. The second-order valence-corrected chi connectivity index (χ2v) is 4.93. The van der Waals surface area contributed by atoms with Crippen LogP contribution in [0.2, 0.25) is 0 Å². The van der Waals surface area contributed by atoms with Crippen LogP contribution >= 0.6 is 11.3 Å². The molecule has 92 valence electrons. The molecule has 0 unspecified atom stereocenters. The largest absolute Gasteiger partial charge is 0.337 e. The molecule has 0 atom stereocenters. The van der Waals surface area contributed by atoms with E-state index in [9.17, 15) is 4.79 Å². The summed E-state index contributed by atoms with van der Waals surface area (Å²) in [5.74, 6) is 0.131. The number of carbonyl (C=O) groups is 1. The van der Waals surface area contributed by atoms with E-state index in [1.807, 2.05) is 27.8 Å². The Morgan fingerprint density at radius 3 is 2.76 bits per heavy atom. The maximum absolute atomic E-state index is 11.9. The van der Waals surface area contributed by atoms with Crippen molar-refractivity contribution in [2.75, 3.05) is 32.7 Å². The summed E-state index contributed by atoms with van der Waals surface area (Å²) >= 11 is 1.65. The number of hydrogen-bond acceptors (Lipinski definition) is 3. The first-order chi connectivity index (χ1) is 8.29. The zero-order chi connectivity index (χ0) is 12.1. The van der Waals surface area contributed by atoms with Crippen LogP contribution in [-0.2, 0) is 4.79 Å². The number of nitrogens with zero attached hydrogens (tertiary/aromatic N) is 2. The molecule has 2 rings (SSSR count). The van der Waals surface area contributed by atoms with Gasteiger partial charge in [-0.15, -0.1) is 0 Å². The van der Waals surface area contributed by atoms with Crippen molar-refractivity contribution in [1.29, 1.82) is 0 Å². The Labute approximate surface area is 106 Å². The van der Waals surface area contributed by atoms with Gasteiger partial charge in [0.15, 0.2) is 0 Å². The van der Waals surface area contributed by atoms with Gasteiger partial charge in [0.05, 0.1) is 0 Å². The average Bonchev–Trinajstić information content (AvgIpc) is 2.89. The second kappa shape index (κ2) is 5.98. The Morgan fingerprint density at radius 1 is 1.41 bits per heavy atom. The van der Waals surface area contributed by atoms with Gasteiger partial charge in [-0.3, -0.25) is 4.79 Å². The lowest BCUT2D eigenvalue weighted by molar-refractivity contribution is -0.127. The fraction of sp³-hybridized carbons (Fsp3) is 0.462. The Bertz CT molecular complexity index is 378. The fourth-order valence-corrected chi connectivity index (χ4v) is 2.56. The van der Waals surface area contributed by atoms with Crippen molar-refractivity contribution in [3.63, 3.8) is 0 Å². The zero-order valence-corrected chi connectivity index (χ0v) is 10.9. The van der Waals surface area contributed by atoms with Gasteiger partial charge in [0.25, 0.3) is 0 Å². The maximum atomic E-state index is 11.9. The average molecular weight is 250 g/mol. The first-order valence-corrected chi connectivity index (χ1v) is 6.95. The van der Waals surface area contributed by atoms with Crippen LogP contribution in [0.4, 0.5) is 0 Å². The number of hydrogen-bond donors (Lipinski definition) is 0. The standard InChI is InChI=1S/C13H18N2OS/c1-2-14-6-8-15(9-7-14)13(16)4-3-12-5-10-17-11-12/h3-5,10-11H,2,6-9H2,1H3/b4-3+. The van der Waals surface area contributed by atoms with Crippen molar-refractivity contribution in [3.05, 3.63) is 28.5 Å². The first-order valence-electron chi connectivity index (χ1n) is 6.01. The van der Waals surface area contributed by atoms with Crippen molar-refractivity contribution in [1.82, 2.24) is 9.80 Å². The van der Waals surface area contributed by atoms with Gasteiger partial charge in [0.2, 0.25) is 5.91 Å². The van der Waals surface area contributed by atoms with Gasteiger partial charge in [-0.1, -0.05) is 6.92 Å². The number of amides is 1. The molecule has 0 aromatic carbocycles. The highest BCUT2D eigenvalue weighted by atomic mass is 32.1. The highest BCUT2D eigenvalue weighted by Gasteiger charge is 2.17.